The fourth-order valence-corrected chi connectivity index (χ4v) is 18.8. The minimum Gasteiger partial charge on any atom is -0.508 e. The highest BCUT2D eigenvalue weighted by Gasteiger charge is 2.59. The molecule has 0 bridgehead atoms. The zero-order chi connectivity index (χ0) is 92.4. The van der Waals surface area contributed by atoms with E-state index in [1.807, 2.05) is 86.6 Å². The second kappa shape index (κ2) is 46.0. The number of fused-ring (bicyclic) bond motifs is 8. The molecule has 1 heterocycles. The number of alkyl carbamates (subject to hydrolysis) is 1. The summed E-state index contributed by atoms with van der Waals surface area (Å²) < 4.78 is 59.6. The molecule has 0 radical (unpaired) electrons. The molecule has 5 aromatic rings. The first kappa shape index (κ1) is 98.8. The minimum atomic E-state index is -4.43. The third kappa shape index (κ3) is 26.9. The zero-order valence-electron chi connectivity index (χ0n) is 73.6. The summed E-state index contributed by atoms with van der Waals surface area (Å²) in [7, 11) is -4.43. The Labute approximate surface area is 746 Å². The van der Waals surface area contributed by atoms with Gasteiger partial charge in [-0.1, -0.05) is 121 Å². The van der Waals surface area contributed by atoms with Crippen LogP contribution in [0.3, 0.4) is 0 Å². The van der Waals surface area contributed by atoms with Gasteiger partial charge in [0.15, 0.2) is 0 Å². The van der Waals surface area contributed by atoms with Crippen molar-refractivity contribution < 1.29 is 104 Å². The van der Waals surface area contributed by atoms with Crippen molar-refractivity contribution in [3.05, 3.63) is 154 Å². The summed E-state index contributed by atoms with van der Waals surface area (Å²) in [6, 6.07) is 25.8. The first-order valence-electron chi connectivity index (χ1n) is 43.9. The monoisotopic (exact) mass is 1790 g/mol. The van der Waals surface area contributed by atoms with Crippen LogP contribution in [0.15, 0.2) is 109 Å². The number of hydrogen-bond acceptors (Lipinski definition) is 21. The third-order valence-corrected chi connectivity index (χ3v) is 26.1. The molecule has 0 unspecified atom stereocenters. The molecule has 5 aromatic carbocycles. The van der Waals surface area contributed by atoms with Crippen molar-refractivity contribution in [1.29, 1.82) is 0 Å². The Morgan fingerprint density at radius 1 is 0.539 bits per heavy atom. The first-order valence-corrected chi connectivity index (χ1v) is 45.5. The number of imide groups is 1. The van der Waals surface area contributed by atoms with E-state index < -0.39 is 129 Å². The standard InChI is InChI=1S/C93H122N12O22S/c1-59(2)81(103-83(113)72(31-34-77(108)96-44-53-128(120,121)122)100-79(110)37-45-123-47-49-125-51-52-126-50-48-124-46-43-95-78(109)35-36-80(111)105-56-65-16-8-7-14-61(65)21-22-64-15-9-10-18-74(64)105)85(115)101-71(17-11-42-97-88(94)118)82(112)98-66-27-19-60(20-28-66)58-127-89(119)102-73(57-106)84(114)99-67-29-23-62-25-32-75-90(3,69(62)54-67)38-12-40-92(75,5)86(116)104-87(117)93(6)41-13-39-91(4)70-55-68(107)30-24-63(70)26-33-76(91)93/h7-10,14-16,18-20,23-24,27-30,54-55,59,71-73,75-76,81,106-107H,11-13,17,25-26,31-53,56-58H2,1-6H3,(H,95,109)(H,96,108)(H,98,112)(H,99,114)(H,100,110)(H,101,115)(H,102,119)(H,103,113)(H3,94,97,118)(H,104,116,117)(H,120,121,122)/t71-,72+,73-,75+,76+,81-,90+,91+,92-,93-/m0/s1. The number of nitrogens with two attached hydrogens (primary N) is 1. The lowest BCUT2D eigenvalue weighted by Crippen LogP contribution is -2.60. The van der Waals surface area contributed by atoms with E-state index in [1.54, 1.807) is 30.9 Å². The van der Waals surface area contributed by atoms with Gasteiger partial charge in [-0.05, 0) is 187 Å². The number of aliphatic hydroxyl groups excluding tert-OH is 1. The molecule has 2 saturated carbocycles. The second-order valence-corrected chi connectivity index (χ2v) is 36.2. The number of aliphatic hydroxyl groups is 1. The number of para-hydroxylation sites is 1. The maximum Gasteiger partial charge on any atom is 0.408 e. The van der Waals surface area contributed by atoms with Crippen molar-refractivity contribution in [3.8, 4) is 17.6 Å². The summed E-state index contributed by atoms with van der Waals surface area (Å²) in [5, 5.41) is 47.3. The number of aromatic hydroxyl groups is 1. The van der Waals surface area contributed by atoms with E-state index in [0.717, 1.165) is 65.5 Å². The quantitative estimate of drug-likeness (QED) is 0.00849. The summed E-state index contributed by atoms with van der Waals surface area (Å²) >= 11 is 0. The average Bonchev–Trinajstić information content (AvgIpc) is 0.719. The van der Waals surface area contributed by atoms with Gasteiger partial charge < -0.3 is 92.4 Å². The SMILES string of the molecule is CC(C)[C@H](NC(=O)[C@@H](CCC(=O)NCCS(=O)(=O)O)NC(=O)CCOCCOCCOCCOCCNC(=O)CCC(=O)N1Cc2ccccc2C#Cc2ccccc21)C(=O)N[C@@H](CCCNC(N)=O)C(=O)Nc1ccc(COC(=O)N[C@@H](CO)C(=O)Nc2ccc3c(c2)[C@@]2(C)CCC[C@](C)(C(=O)NC(=O)[C@@]4(C)CCC[C@]5(C)c6cc(O)ccc6CC[C@@H]45)[C@@H]2CC3)cc1. The molecule has 10 rings (SSSR count). The van der Waals surface area contributed by atoms with Gasteiger partial charge in [-0.2, -0.15) is 8.42 Å². The molecule has 34 nitrogen and oxygen atoms in total. The van der Waals surface area contributed by atoms with E-state index in [4.69, 9.17) is 29.4 Å². The molecular weight excluding hydrogens is 1670 g/mol. The van der Waals surface area contributed by atoms with Gasteiger partial charge >= 0.3 is 12.1 Å². The number of anilines is 3. The molecule has 15 N–H and O–H groups in total. The Hall–Kier alpha value is -11.4. The number of phenolic OH excluding ortho intramolecular Hbond substituents is 1. The molecule has 128 heavy (non-hydrogen) atoms. The smallest absolute Gasteiger partial charge is 0.408 e. The van der Waals surface area contributed by atoms with Crippen molar-refractivity contribution in [2.45, 2.75) is 199 Å². The first-order chi connectivity index (χ1) is 61.1. The number of aryl methyl sites for hydroxylation is 2. The van der Waals surface area contributed by atoms with Crippen LogP contribution >= 0.6 is 0 Å². The molecule has 1 aliphatic heterocycles. The fraction of sp³-hybridized carbons (Fsp3) is 0.527. The van der Waals surface area contributed by atoms with Crippen LogP contribution in [0.5, 0.6) is 5.75 Å². The summed E-state index contributed by atoms with van der Waals surface area (Å²) in [6.07, 6.45) is 5.27. The van der Waals surface area contributed by atoms with Crippen LogP contribution in [0.25, 0.3) is 0 Å². The van der Waals surface area contributed by atoms with Crippen molar-refractivity contribution in [3.63, 3.8) is 0 Å². The number of urea groups is 1. The summed E-state index contributed by atoms with van der Waals surface area (Å²) in [5.41, 5.74) is 11.2. The van der Waals surface area contributed by atoms with Crippen LogP contribution in [0, 0.1) is 40.4 Å². The maximum atomic E-state index is 14.8. The van der Waals surface area contributed by atoms with Crippen LogP contribution < -0.4 is 63.8 Å². The van der Waals surface area contributed by atoms with Crippen molar-refractivity contribution in [2.24, 2.45) is 34.3 Å². The highest BCUT2D eigenvalue weighted by Crippen LogP contribution is 2.60. The van der Waals surface area contributed by atoms with Crippen LogP contribution in [0.2, 0.25) is 0 Å². The van der Waals surface area contributed by atoms with Crippen molar-refractivity contribution in [1.82, 2.24) is 42.5 Å². The molecule has 0 saturated heterocycles. The van der Waals surface area contributed by atoms with E-state index in [1.165, 1.54) is 29.8 Å². The largest absolute Gasteiger partial charge is 0.508 e. The number of nitrogens with zero attached hydrogens (tertiary/aromatic N) is 1. The number of carbonyl (C=O) groups excluding carboxylic acids is 12. The van der Waals surface area contributed by atoms with Crippen molar-refractivity contribution >= 4 is 98.4 Å². The number of ether oxygens (including phenoxy) is 5. The van der Waals surface area contributed by atoms with E-state index in [-0.39, 0.29) is 163 Å². The normalized spacial score (nSPS) is 20.4. The van der Waals surface area contributed by atoms with Crippen molar-refractivity contribution in [2.75, 3.05) is 100 Å². The number of carbonyl (C=O) groups is 12. The topological polar surface area (TPSA) is 495 Å². The van der Waals surface area contributed by atoms with Crippen LogP contribution in [0.4, 0.5) is 26.7 Å². The Morgan fingerprint density at radius 3 is 1.73 bits per heavy atom. The molecule has 0 spiro atoms. The van der Waals surface area contributed by atoms with Gasteiger partial charge in [0.05, 0.1) is 88.3 Å². The number of amides is 13. The fourth-order valence-electron chi connectivity index (χ4n) is 18.5. The predicted octanol–water partition coefficient (Wildman–Crippen LogP) is 6.56. The van der Waals surface area contributed by atoms with Gasteiger partial charge in [0.2, 0.25) is 59.1 Å². The molecule has 4 aliphatic carbocycles. The van der Waals surface area contributed by atoms with E-state index in [2.05, 4.69) is 78.9 Å². The second-order valence-electron chi connectivity index (χ2n) is 34.7. The number of primary amides is 1. The van der Waals surface area contributed by atoms with E-state index in [9.17, 15) is 80.7 Å². The maximum absolute atomic E-state index is 14.8. The zero-order valence-corrected chi connectivity index (χ0v) is 74.4. The molecule has 13 amide bonds. The predicted molar refractivity (Wildman–Crippen MR) is 474 cm³/mol. The molecule has 692 valence electrons. The summed E-state index contributed by atoms with van der Waals surface area (Å²) in [6.45, 7) is 11.7. The third-order valence-electron chi connectivity index (χ3n) is 25.4. The van der Waals surface area contributed by atoms with Gasteiger partial charge in [0.25, 0.3) is 10.1 Å². The lowest BCUT2D eigenvalue weighted by Gasteiger charge is -2.56. The molecule has 2 fully saturated rings. The Morgan fingerprint density at radius 2 is 1.09 bits per heavy atom. The van der Waals surface area contributed by atoms with Crippen LogP contribution in [-0.4, -0.2) is 203 Å². The molecule has 0 aromatic heterocycles. The van der Waals surface area contributed by atoms with Gasteiger partial charge in [-0.15, -0.1) is 0 Å². The van der Waals surface area contributed by atoms with Gasteiger partial charge in [0.1, 0.15) is 36.5 Å². The van der Waals surface area contributed by atoms with E-state index >= 15 is 0 Å². The summed E-state index contributed by atoms with van der Waals surface area (Å²) in [5.74, 6) is -0.730. The van der Waals surface area contributed by atoms with E-state index in [0.29, 0.717) is 55.6 Å². The molecular formula is C93H122N12O22S. The highest BCUT2D eigenvalue weighted by molar-refractivity contribution is 7.85. The van der Waals surface area contributed by atoms with Gasteiger partial charge in [-0.25, -0.2) is 9.59 Å². The Balaban J connectivity index is 0.640. The molecule has 35 heteroatoms. The number of hydrogen-bond donors (Lipinski definition) is 14. The van der Waals surface area contributed by atoms with Gasteiger partial charge in [0, 0.05) is 67.8 Å². The van der Waals surface area contributed by atoms with Crippen LogP contribution in [0.1, 0.15) is 182 Å². The lowest BCUT2D eigenvalue weighted by atomic mass is 9.49. The van der Waals surface area contributed by atoms with Gasteiger partial charge in [-0.3, -0.25) is 57.8 Å². The average molecular weight is 1790 g/mol. The highest BCUT2D eigenvalue weighted by atomic mass is 32.2. The molecule has 10 atom stereocenters. The minimum absolute atomic E-state index is 0.000997. The lowest BCUT2D eigenvalue weighted by molar-refractivity contribution is -0.150. The summed E-state index contributed by atoms with van der Waals surface area (Å²) in [4.78, 5) is 165. The van der Waals surface area contributed by atoms with Crippen LogP contribution in [-0.2, 0) is 119 Å². The number of nitrogens with one attached hydrogen (secondary N) is 10. The molecule has 5 aliphatic rings. The number of benzene rings is 5. The Kier molecular flexibility index (Phi) is 35.5. The Bertz CT molecular complexity index is 5000. The number of rotatable bonds is 44. The number of phenols is 1.